The number of rotatable bonds is 7. The fourth-order valence-corrected chi connectivity index (χ4v) is 5.50. The molecule has 6 heteroatoms. The molecule has 0 unspecified atom stereocenters. The van der Waals surface area contributed by atoms with Gasteiger partial charge in [0.05, 0.1) is 24.3 Å². The van der Waals surface area contributed by atoms with E-state index in [9.17, 15) is 4.79 Å². The topological polar surface area (TPSA) is 51.1 Å². The van der Waals surface area contributed by atoms with Crippen molar-refractivity contribution in [1.29, 1.82) is 0 Å². The first-order valence-electron chi connectivity index (χ1n) is 12.1. The van der Waals surface area contributed by atoms with Crippen LogP contribution in [0.4, 0.5) is 5.69 Å². The first-order valence-corrected chi connectivity index (χ1v) is 13.0. The number of methoxy groups -OCH3 is 1. The lowest BCUT2D eigenvalue weighted by Gasteiger charge is -2.35. The van der Waals surface area contributed by atoms with Crippen LogP contribution in [0, 0.1) is 11.8 Å². The third-order valence-electron chi connectivity index (χ3n) is 6.27. The number of carbonyl (C=O) groups is 1. The second-order valence-electron chi connectivity index (χ2n) is 9.46. The lowest BCUT2D eigenvalue weighted by atomic mass is 9.85. The fraction of sp³-hybridized carbons (Fsp3) is 0.429. The molecule has 0 spiro atoms. The zero-order valence-corrected chi connectivity index (χ0v) is 21.3. The van der Waals surface area contributed by atoms with Gasteiger partial charge >= 0.3 is 0 Å². The first-order chi connectivity index (χ1) is 16.5. The molecule has 1 saturated heterocycles. The van der Waals surface area contributed by atoms with Crippen LogP contribution >= 0.6 is 11.8 Å². The Kier molecular flexibility index (Phi) is 7.99. The molecule has 1 heterocycles. The molecule has 5 nitrogen and oxygen atoms in total. The van der Waals surface area contributed by atoms with Gasteiger partial charge in [0.2, 0.25) is 0 Å². The van der Waals surface area contributed by atoms with Gasteiger partial charge in [-0.05, 0) is 72.3 Å². The monoisotopic (exact) mass is 478 g/mol. The molecule has 2 fully saturated rings. The number of carbonyl (C=O) groups excluding carboxylic acids is 1. The van der Waals surface area contributed by atoms with Gasteiger partial charge in [0.15, 0.2) is 16.7 Å². The van der Waals surface area contributed by atoms with Crippen LogP contribution in [0.1, 0.15) is 52.0 Å². The average Bonchev–Trinajstić information content (AvgIpc) is 3.13. The van der Waals surface area contributed by atoms with Gasteiger partial charge in [-0.15, -0.1) is 0 Å². The predicted octanol–water partition coefficient (Wildman–Crippen LogP) is 6.91. The molecule has 34 heavy (non-hydrogen) atoms. The van der Waals surface area contributed by atoms with Crippen LogP contribution in [-0.4, -0.2) is 35.7 Å². The largest absolute Gasteiger partial charge is 0.493 e. The maximum atomic E-state index is 13.7. The number of hydrogen-bond donors (Lipinski definition) is 0. The van der Waals surface area contributed by atoms with Crippen molar-refractivity contribution in [3.63, 3.8) is 0 Å². The molecule has 2 aromatic rings. The van der Waals surface area contributed by atoms with E-state index >= 15 is 0 Å². The molecule has 4 rings (SSSR count). The number of ether oxygens (including phenoxy) is 2. The zero-order chi connectivity index (χ0) is 24.1. The summed E-state index contributed by atoms with van der Waals surface area (Å²) in [6.45, 7) is 7.10. The number of aliphatic imine (C=N–C) groups is 1. The predicted molar refractivity (Wildman–Crippen MR) is 141 cm³/mol. The van der Waals surface area contributed by atoms with Crippen LogP contribution in [-0.2, 0) is 4.79 Å². The third-order valence-corrected chi connectivity index (χ3v) is 7.26. The molecule has 0 aromatic heterocycles. The van der Waals surface area contributed by atoms with Crippen LogP contribution in [0.2, 0.25) is 0 Å². The quantitative estimate of drug-likeness (QED) is 0.406. The van der Waals surface area contributed by atoms with Crippen molar-refractivity contribution in [2.24, 2.45) is 16.8 Å². The third kappa shape index (κ3) is 5.66. The lowest BCUT2D eigenvalue weighted by molar-refractivity contribution is -0.124. The second-order valence-corrected chi connectivity index (χ2v) is 10.5. The van der Waals surface area contributed by atoms with Crippen molar-refractivity contribution in [2.75, 3.05) is 13.7 Å². The highest BCUT2D eigenvalue weighted by molar-refractivity contribution is 8.18. The summed E-state index contributed by atoms with van der Waals surface area (Å²) < 4.78 is 11.4. The Balaban J connectivity index is 1.65. The van der Waals surface area contributed by atoms with Crippen molar-refractivity contribution in [2.45, 2.75) is 52.5 Å². The smallest absolute Gasteiger partial charge is 0.267 e. The Bertz CT molecular complexity index is 1060. The van der Waals surface area contributed by atoms with Gasteiger partial charge < -0.3 is 9.47 Å². The van der Waals surface area contributed by atoms with E-state index in [0.29, 0.717) is 34.8 Å². The molecule has 2 aromatic carbocycles. The van der Waals surface area contributed by atoms with Crippen molar-refractivity contribution in [3.8, 4) is 11.5 Å². The van der Waals surface area contributed by atoms with E-state index in [1.54, 1.807) is 7.11 Å². The SMILES string of the molecule is COc1cc(/C=C2\SC(=Nc3ccccc3)N([C@@H]3CCCC[C@H]3C)C2=O)ccc1OCC(C)C. The van der Waals surface area contributed by atoms with Crippen LogP contribution in [0.15, 0.2) is 58.4 Å². The molecule has 1 amide bonds. The van der Waals surface area contributed by atoms with Gasteiger partial charge in [-0.25, -0.2) is 4.99 Å². The van der Waals surface area contributed by atoms with Gasteiger partial charge in [-0.3, -0.25) is 9.69 Å². The molecule has 2 aliphatic rings. The Hall–Kier alpha value is -2.73. The Morgan fingerprint density at radius 3 is 2.59 bits per heavy atom. The van der Waals surface area contributed by atoms with E-state index in [2.05, 4.69) is 20.8 Å². The maximum absolute atomic E-state index is 13.7. The van der Waals surface area contributed by atoms with E-state index in [1.807, 2.05) is 59.5 Å². The Morgan fingerprint density at radius 1 is 1.12 bits per heavy atom. The summed E-state index contributed by atoms with van der Waals surface area (Å²) in [7, 11) is 1.64. The summed E-state index contributed by atoms with van der Waals surface area (Å²) in [5.74, 6) is 2.30. The van der Waals surface area contributed by atoms with E-state index in [4.69, 9.17) is 14.5 Å². The molecule has 0 N–H and O–H groups in total. The number of thioether (sulfide) groups is 1. The van der Waals surface area contributed by atoms with E-state index < -0.39 is 0 Å². The minimum absolute atomic E-state index is 0.0394. The normalized spacial score (nSPS) is 23.2. The highest BCUT2D eigenvalue weighted by atomic mass is 32.2. The van der Waals surface area contributed by atoms with Crippen LogP contribution in [0.5, 0.6) is 11.5 Å². The number of amidine groups is 1. The van der Waals surface area contributed by atoms with Crippen LogP contribution < -0.4 is 9.47 Å². The van der Waals surface area contributed by atoms with Crippen LogP contribution in [0.3, 0.4) is 0 Å². The van der Waals surface area contributed by atoms with Gasteiger partial charge in [0, 0.05) is 6.04 Å². The average molecular weight is 479 g/mol. The molecule has 1 aliphatic heterocycles. The van der Waals surface area contributed by atoms with Crippen molar-refractivity contribution in [1.82, 2.24) is 4.90 Å². The Labute approximate surface area is 207 Å². The van der Waals surface area contributed by atoms with E-state index in [-0.39, 0.29) is 11.9 Å². The van der Waals surface area contributed by atoms with Crippen molar-refractivity contribution in [3.05, 3.63) is 59.0 Å². The molecule has 1 aliphatic carbocycles. The lowest BCUT2D eigenvalue weighted by Crippen LogP contribution is -2.44. The van der Waals surface area contributed by atoms with Crippen molar-refractivity contribution >= 4 is 34.6 Å². The van der Waals surface area contributed by atoms with Gasteiger partial charge in [0.25, 0.3) is 5.91 Å². The molecule has 0 radical (unpaired) electrons. The summed E-state index contributed by atoms with van der Waals surface area (Å²) in [4.78, 5) is 21.2. The minimum atomic E-state index is 0.0394. The highest BCUT2D eigenvalue weighted by Gasteiger charge is 2.41. The molecule has 1 saturated carbocycles. The molecular weight excluding hydrogens is 444 g/mol. The summed E-state index contributed by atoms with van der Waals surface area (Å²) >= 11 is 1.46. The van der Waals surface area contributed by atoms with Crippen molar-refractivity contribution < 1.29 is 14.3 Å². The van der Waals surface area contributed by atoms with Crippen LogP contribution in [0.25, 0.3) is 6.08 Å². The van der Waals surface area contributed by atoms with Gasteiger partial charge in [-0.2, -0.15) is 0 Å². The van der Waals surface area contributed by atoms with E-state index in [0.717, 1.165) is 35.7 Å². The summed E-state index contributed by atoms with van der Waals surface area (Å²) in [5.41, 5.74) is 1.77. The molecule has 0 bridgehead atoms. The summed E-state index contributed by atoms with van der Waals surface area (Å²) in [6.07, 6.45) is 6.48. The first kappa shape index (κ1) is 24.4. The Morgan fingerprint density at radius 2 is 1.88 bits per heavy atom. The number of nitrogens with zero attached hydrogens (tertiary/aromatic N) is 2. The molecular formula is C28H34N2O3S. The highest BCUT2D eigenvalue weighted by Crippen LogP contribution is 2.40. The molecule has 2 atom stereocenters. The zero-order valence-electron chi connectivity index (χ0n) is 20.5. The van der Waals surface area contributed by atoms with E-state index in [1.165, 1.54) is 18.2 Å². The summed E-state index contributed by atoms with van der Waals surface area (Å²) in [5, 5.41) is 0.769. The minimum Gasteiger partial charge on any atom is -0.493 e. The molecule has 180 valence electrons. The fourth-order valence-electron chi connectivity index (χ4n) is 4.45. The number of para-hydroxylation sites is 1. The van der Waals surface area contributed by atoms with Gasteiger partial charge in [0.1, 0.15) is 0 Å². The number of amides is 1. The second kappa shape index (κ2) is 11.1. The van der Waals surface area contributed by atoms with Gasteiger partial charge in [-0.1, -0.05) is 57.9 Å². The summed E-state index contributed by atoms with van der Waals surface area (Å²) in [6, 6.07) is 15.9. The standard InChI is InChI=1S/C28H34N2O3S/c1-19(2)18-33-24-15-14-21(16-25(24)32-4)17-26-27(31)30(23-13-9-8-10-20(23)3)28(34-26)29-22-11-6-5-7-12-22/h5-7,11-12,14-17,19-20,23H,8-10,13,18H2,1-4H3/b26-17-,29-28?/t20-,23-/m1/s1. The maximum Gasteiger partial charge on any atom is 0.267 e. The number of benzene rings is 2. The number of hydrogen-bond acceptors (Lipinski definition) is 5.